The van der Waals surface area contributed by atoms with E-state index in [-0.39, 0.29) is 11.9 Å². The number of carbonyl (C=O) groups is 3. The van der Waals surface area contributed by atoms with Crippen LogP contribution in [0.15, 0.2) is 65.3 Å². The minimum absolute atomic E-state index is 0.0617. The molecule has 0 bridgehead atoms. The number of methoxy groups -OCH3 is 2. The first-order chi connectivity index (χ1) is 18.9. The van der Waals surface area contributed by atoms with E-state index in [9.17, 15) is 14.4 Å². The molecule has 206 valence electrons. The van der Waals surface area contributed by atoms with Gasteiger partial charge in [-0.1, -0.05) is 17.7 Å². The fraction of sp³-hybridized carbons (Fsp3) is 0.321. The summed E-state index contributed by atoms with van der Waals surface area (Å²) < 4.78 is 21.6. The summed E-state index contributed by atoms with van der Waals surface area (Å²) in [5, 5.41) is 5.96. The lowest BCUT2D eigenvalue weighted by Crippen LogP contribution is -2.48. The van der Waals surface area contributed by atoms with E-state index in [1.54, 1.807) is 48.5 Å². The number of rotatable bonds is 11. The van der Waals surface area contributed by atoms with E-state index in [1.807, 2.05) is 0 Å². The van der Waals surface area contributed by atoms with Crippen molar-refractivity contribution in [1.82, 2.24) is 10.6 Å². The van der Waals surface area contributed by atoms with E-state index in [1.165, 1.54) is 31.4 Å². The van der Waals surface area contributed by atoms with E-state index in [2.05, 4.69) is 10.6 Å². The molecule has 2 atom stereocenters. The minimum Gasteiger partial charge on any atom is -0.493 e. The SMILES string of the molecule is COc1ccc([C@H](C(=O)NC[C@H]2CCCO2)N(C(=O)CNC(=O)c2ccco2)c2ccc(Cl)cc2)cc1OC. The van der Waals surface area contributed by atoms with Crippen molar-refractivity contribution >= 4 is 35.0 Å². The van der Waals surface area contributed by atoms with Gasteiger partial charge in [-0.15, -0.1) is 0 Å². The molecule has 0 spiro atoms. The highest BCUT2D eigenvalue weighted by atomic mass is 35.5. The molecule has 2 heterocycles. The molecule has 3 aromatic rings. The molecule has 0 unspecified atom stereocenters. The number of ether oxygens (including phenoxy) is 3. The van der Waals surface area contributed by atoms with E-state index in [4.69, 9.17) is 30.2 Å². The molecule has 10 nitrogen and oxygen atoms in total. The molecule has 11 heteroatoms. The van der Waals surface area contributed by atoms with Crippen LogP contribution in [0, 0.1) is 0 Å². The second kappa shape index (κ2) is 13.2. The van der Waals surface area contributed by atoms with Crippen LogP contribution in [0.5, 0.6) is 11.5 Å². The van der Waals surface area contributed by atoms with Crippen molar-refractivity contribution in [3.8, 4) is 11.5 Å². The monoisotopic (exact) mass is 555 g/mol. The van der Waals surface area contributed by atoms with Crippen molar-refractivity contribution in [2.24, 2.45) is 0 Å². The molecule has 1 fully saturated rings. The van der Waals surface area contributed by atoms with E-state index in [0.717, 1.165) is 12.8 Å². The smallest absolute Gasteiger partial charge is 0.287 e. The van der Waals surface area contributed by atoms with Gasteiger partial charge in [-0.25, -0.2) is 0 Å². The molecule has 2 N–H and O–H groups in total. The Bertz CT molecular complexity index is 1270. The Kier molecular flexibility index (Phi) is 9.45. The van der Waals surface area contributed by atoms with Gasteiger partial charge in [0.05, 0.1) is 33.1 Å². The van der Waals surface area contributed by atoms with Crippen LogP contribution >= 0.6 is 11.6 Å². The number of nitrogens with zero attached hydrogens (tertiary/aromatic N) is 1. The van der Waals surface area contributed by atoms with Gasteiger partial charge in [-0.2, -0.15) is 0 Å². The van der Waals surface area contributed by atoms with Crippen LogP contribution in [-0.2, 0) is 14.3 Å². The molecule has 1 aliphatic rings. The van der Waals surface area contributed by atoms with Crippen molar-refractivity contribution < 1.29 is 33.0 Å². The van der Waals surface area contributed by atoms with Gasteiger partial charge in [0.15, 0.2) is 17.3 Å². The molecule has 1 saturated heterocycles. The Labute approximate surface area is 231 Å². The van der Waals surface area contributed by atoms with Gasteiger partial charge in [0.1, 0.15) is 6.04 Å². The second-order valence-electron chi connectivity index (χ2n) is 8.80. The molecule has 4 rings (SSSR count). The first-order valence-electron chi connectivity index (χ1n) is 12.4. The summed E-state index contributed by atoms with van der Waals surface area (Å²) in [7, 11) is 3.00. The van der Waals surface area contributed by atoms with E-state index < -0.39 is 30.3 Å². The maximum atomic E-state index is 13.8. The predicted octanol–water partition coefficient (Wildman–Crippen LogP) is 3.75. The first kappa shape index (κ1) is 28.0. The number of furan rings is 1. The maximum Gasteiger partial charge on any atom is 0.287 e. The number of amides is 3. The maximum absolute atomic E-state index is 13.8. The Balaban J connectivity index is 1.70. The number of hydrogen-bond donors (Lipinski definition) is 2. The Morgan fingerprint density at radius 2 is 1.82 bits per heavy atom. The predicted molar refractivity (Wildman–Crippen MR) is 144 cm³/mol. The fourth-order valence-electron chi connectivity index (χ4n) is 4.33. The van der Waals surface area contributed by atoms with Crippen LogP contribution in [0.4, 0.5) is 5.69 Å². The highest BCUT2D eigenvalue weighted by molar-refractivity contribution is 6.30. The summed E-state index contributed by atoms with van der Waals surface area (Å²) in [4.78, 5) is 41.4. The number of halogens is 1. The van der Waals surface area contributed by atoms with Gasteiger partial charge in [0.25, 0.3) is 5.91 Å². The molecule has 0 aliphatic carbocycles. The van der Waals surface area contributed by atoms with Crippen LogP contribution in [0.2, 0.25) is 5.02 Å². The third-order valence-corrected chi connectivity index (χ3v) is 6.53. The number of anilines is 1. The van der Waals surface area contributed by atoms with E-state index in [0.29, 0.717) is 40.9 Å². The largest absolute Gasteiger partial charge is 0.493 e. The van der Waals surface area contributed by atoms with Crippen molar-refractivity contribution in [2.45, 2.75) is 25.0 Å². The lowest BCUT2D eigenvalue weighted by molar-refractivity contribution is -0.126. The summed E-state index contributed by atoms with van der Waals surface area (Å²) >= 11 is 6.12. The lowest BCUT2D eigenvalue weighted by Gasteiger charge is -2.32. The summed E-state index contributed by atoms with van der Waals surface area (Å²) in [6.45, 7) is 0.538. The van der Waals surface area contributed by atoms with Crippen molar-refractivity contribution in [2.75, 3.05) is 38.8 Å². The Morgan fingerprint density at radius 3 is 2.46 bits per heavy atom. The quantitative estimate of drug-likeness (QED) is 0.370. The molecule has 39 heavy (non-hydrogen) atoms. The first-order valence-corrected chi connectivity index (χ1v) is 12.8. The zero-order chi connectivity index (χ0) is 27.8. The van der Waals surface area contributed by atoms with Crippen molar-refractivity contribution in [3.63, 3.8) is 0 Å². The standard InChI is InChI=1S/C28H30ClN3O7/c1-36-22-12-7-18(15-24(22)37-2)26(28(35)30-16-21-5-3-13-38-21)32(20-10-8-19(29)9-11-20)25(33)17-31-27(34)23-6-4-14-39-23/h4,6-12,14-15,21,26H,3,5,13,16-17H2,1-2H3,(H,30,35)(H,31,34)/t21-,26-/m1/s1. The highest BCUT2D eigenvalue weighted by Gasteiger charge is 2.34. The molecular weight excluding hydrogens is 526 g/mol. The summed E-state index contributed by atoms with van der Waals surface area (Å²) in [6, 6.07) is 13.4. The van der Waals surface area contributed by atoms with Crippen molar-refractivity contribution in [3.05, 3.63) is 77.2 Å². The Morgan fingerprint density at radius 1 is 1.05 bits per heavy atom. The van der Waals surface area contributed by atoms with Crippen molar-refractivity contribution in [1.29, 1.82) is 0 Å². The molecule has 1 aromatic heterocycles. The van der Waals surface area contributed by atoms with Gasteiger partial charge < -0.3 is 29.3 Å². The average Bonchev–Trinajstić information content (AvgIpc) is 3.68. The number of carbonyl (C=O) groups excluding carboxylic acids is 3. The second-order valence-corrected chi connectivity index (χ2v) is 9.23. The minimum atomic E-state index is -1.12. The van der Waals surface area contributed by atoms with Crippen LogP contribution in [0.3, 0.4) is 0 Å². The van der Waals surface area contributed by atoms with Gasteiger partial charge in [-0.05, 0) is 66.9 Å². The molecule has 2 aromatic carbocycles. The third kappa shape index (κ3) is 6.90. The molecule has 0 radical (unpaired) electrons. The van der Waals surface area contributed by atoms with Crippen LogP contribution < -0.4 is 25.0 Å². The zero-order valence-electron chi connectivity index (χ0n) is 21.6. The van der Waals surface area contributed by atoms with Gasteiger partial charge in [0.2, 0.25) is 11.8 Å². The normalized spacial score (nSPS) is 15.3. The summed E-state index contributed by atoms with van der Waals surface area (Å²) in [5.41, 5.74) is 0.877. The molecular formula is C28H30ClN3O7. The zero-order valence-corrected chi connectivity index (χ0v) is 22.4. The fourth-order valence-corrected chi connectivity index (χ4v) is 4.46. The Hall–Kier alpha value is -4.02. The lowest BCUT2D eigenvalue weighted by atomic mass is 10.0. The van der Waals surface area contributed by atoms with Crippen LogP contribution in [0.25, 0.3) is 0 Å². The number of benzene rings is 2. The van der Waals surface area contributed by atoms with Gasteiger partial charge in [-0.3, -0.25) is 19.3 Å². The topological polar surface area (TPSA) is 119 Å². The summed E-state index contributed by atoms with van der Waals surface area (Å²) in [6.07, 6.45) is 3.01. The molecule has 0 saturated carbocycles. The highest BCUT2D eigenvalue weighted by Crippen LogP contribution is 2.35. The van der Waals surface area contributed by atoms with Crippen LogP contribution in [-0.4, -0.2) is 57.7 Å². The van der Waals surface area contributed by atoms with Crippen LogP contribution in [0.1, 0.15) is 35.0 Å². The third-order valence-electron chi connectivity index (χ3n) is 6.28. The number of nitrogens with one attached hydrogen (secondary N) is 2. The van der Waals surface area contributed by atoms with Gasteiger partial charge >= 0.3 is 0 Å². The van der Waals surface area contributed by atoms with E-state index >= 15 is 0 Å². The average molecular weight is 556 g/mol. The molecule has 1 aliphatic heterocycles. The van der Waals surface area contributed by atoms with Gasteiger partial charge in [0, 0.05) is 23.9 Å². The number of hydrogen-bond acceptors (Lipinski definition) is 7. The summed E-state index contributed by atoms with van der Waals surface area (Å²) in [5.74, 6) is -0.611. The molecule has 3 amide bonds.